The lowest BCUT2D eigenvalue weighted by Gasteiger charge is -2.18. The van der Waals surface area contributed by atoms with Gasteiger partial charge < -0.3 is 5.01 Å². The summed E-state index contributed by atoms with van der Waals surface area (Å²) in [6.07, 6.45) is 3.06. The molecule has 0 aliphatic carbocycles. The van der Waals surface area contributed by atoms with Crippen LogP contribution in [0.15, 0.2) is 11.8 Å². The molecule has 2 heteroatoms. The van der Waals surface area contributed by atoms with Crippen molar-refractivity contribution in [3.63, 3.8) is 0 Å². The fraction of sp³-hybridized carbons (Fsp3) is 0.750. The molecule has 0 aromatic carbocycles. The van der Waals surface area contributed by atoms with Gasteiger partial charge in [0.1, 0.15) is 0 Å². The van der Waals surface area contributed by atoms with Crippen molar-refractivity contribution in [3.8, 4) is 0 Å². The molecule has 0 aliphatic rings. The fourth-order valence-corrected chi connectivity index (χ4v) is 0.495. The van der Waals surface area contributed by atoms with Gasteiger partial charge in [0.25, 0.3) is 0 Å². The van der Waals surface area contributed by atoms with Crippen molar-refractivity contribution in [1.82, 2.24) is 5.01 Å². The highest BCUT2D eigenvalue weighted by Gasteiger charge is 1.96. The summed E-state index contributed by atoms with van der Waals surface area (Å²) in [6, 6.07) is 0.390. The number of allylic oxidation sites excluding steroid dienone is 1. The molecular formula is C8H18N2. The molecule has 0 aromatic heterocycles. The Hall–Kier alpha value is -0.500. The first kappa shape index (κ1) is 9.50. The number of nitrogens with two attached hydrogens (primary N) is 1. The predicted molar refractivity (Wildman–Crippen MR) is 45.2 cm³/mol. The molecule has 2 nitrogen and oxygen atoms in total. The smallest absolute Gasteiger partial charge is 0.0389 e. The Morgan fingerprint density at radius 2 is 2.10 bits per heavy atom. The van der Waals surface area contributed by atoms with E-state index in [9.17, 15) is 0 Å². The van der Waals surface area contributed by atoms with Crippen LogP contribution in [-0.2, 0) is 0 Å². The van der Waals surface area contributed by atoms with Gasteiger partial charge in [-0.25, -0.2) is 5.84 Å². The molecule has 2 N–H and O–H groups in total. The first-order chi connectivity index (χ1) is 4.57. The Labute approximate surface area is 63.7 Å². The van der Waals surface area contributed by atoms with Gasteiger partial charge in [-0.3, -0.25) is 0 Å². The predicted octanol–water partition coefficient (Wildman–Crippen LogP) is 1.88. The molecule has 0 amide bonds. The van der Waals surface area contributed by atoms with Gasteiger partial charge in [0.15, 0.2) is 0 Å². The Morgan fingerprint density at radius 1 is 1.60 bits per heavy atom. The highest BCUT2D eigenvalue weighted by Crippen LogP contribution is 2.00. The lowest BCUT2D eigenvalue weighted by Crippen LogP contribution is -2.32. The third-order valence-electron chi connectivity index (χ3n) is 1.52. The number of hydrazine groups is 1. The highest BCUT2D eigenvalue weighted by atomic mass is 15.4. The van der Waals surface area contributed by atoms with E-state index >= 15 is 0 Å². The average molecular weight is 142 g/mol. The van der Waals surface area contributed by atoms with Crippen LogP contribution >= 0.6 is 0 Å². The lowest BCUT2D eigenvalue weighted by atomic mass is 10.2. The van der Waals surface area contributed by atoms with E-state index in [-0.39, 0.29) is 0 Å². The van der Waals surface area contributed by atoms with Crippen LogP contribution in [0.3, 0.4) is 0 Å². The van der Waals surface area contributed by atoms with Gasteiger partial charge in [0.2, 0.25) is 0 Å². The summed E-state index contributed by atoms with van der Waals surface area (Å²) in [6.45, 7) is 8.35. The van der Waals surface area contributed by atoms with E-state index < -0.39 is 0 Å². The van der Waals surface area contributed by atoms with Crippen LogP contribution in [0.4, 0.5) is 0 Å². The van der Waals surface area contributed by atoms with Crippen molar-refractivity contribution < 1.29 is 0 Å². The molecule has 0 aliphatic heterocycles. The minimum atomic E-state index is 0.390. The third kappa shape index (κ3) is 3.51. The number of hydrogen-bond acceptors (Lipinski definition) is 2. The van der Waals surface area contributed by atoms with E-state index in [2.05, 4.69) is 27.7 Å². The van der Waals surface area contributed by atoms with Crippen molar-refractivity contribution in [3.05, 3.63) is 11.8 Å². The first-order valence-corrected chi connectivity index (χ1v) is 3.78. The highest BCUT2D eigenvalue weighted by molar-refractivity contribution is 4.95. The topological polar surface area (TPSA) is 29.3 Å². The maximum absolute atomic E-state index is 5.65. The molecule has 0 unspecified atom stereocenters. The first-order valence-electron chi connectivity index (χ1n) is 3.78. The van der Waals surface area contributed by atoms with Gasteiger partial charge in [-0.1, -0.05) is 12.5 Å². The van der Waals surface area contributed by atoms with Crippen LogP contribution in [-0.4, -0.2) is 11.1 Å². The van der Waals surface area contributed by atoms with E-state index in [1.165, 1.54) is 5.57 Å². The van der Waals surface area contributed by atoms with Crippen LogP contribution in [0, 0.1) is 0 Å². The van der Waals surface area contributed by atoms with Gasteiger partial charge in [0.05, 0.1) is 0 Å². The zero-order valence-electron chi connectivity index (χ0n) is 7.39. The Kier molecular flexibility index (Phi) is 4.12. The van der Waals surface area contributed by atoms with Gasteiger partial charge >= 0.3 is 0 Å². The minimum Gasteiger partial charge on any atom is -0.316 e. The molecule has 60 valence electrons. The number of nitrogens with zero attached hydrogens (tertiary/aromatic N) is 1. The van der Waals surface area contributed by atoms with Crippen LogP contribution in [0.5, 0.6) is 0 Å². The maximum atomic E-state index is 5.65. The Morgan fingerprint density at radius 3 is 2.40 bits per heavy atom. The normalized spacial score (nSPS) is 12.4. The summed E-state index contributed by atoms with van der Waals surface area (Å²) in [5.74, 6) is 5.65. The van der Waals surface area contributed by atoms with Gasteiger partial charge in [0, 0.05) is 12.2 Å². The van der Waals surface area contributed by atoms with Crippen molar-refractivity contribution >= 4 is 0 Å². The Balaban J connectivity index is 3.86. The standard InChI is InChI=1S/C8H18N2/c1-5-8(4)6-10(9)7(2)3/h6-7H,5,9H2,1-4H3/b8-6+. The fourth-order valence-electron chi connectivity index (χ4n) is 0.495. The molecule has 0 heterocycles. The molecule has 0 bridgehead atoms. The second-order valence-electron chi connectivity index (χ2n) is 2.87. The second-order valence-corrected chi connectivity index (χ2v) is 2.87. The van der Waals surface area contributed by atoms with Crippen molar-refractivity contribution in [2.45, 2.75) is 40.2 Å². The minimum absolute atomic E-state index is 0.390. The number of hydrogen-bond donors (Lipinski definition) is 1. The van der Waals surface area contributed by atoms with E-state index in [0.29, 0.717) is 6.04 Å². The number of rotatable bonds is 3. The van der Waals surface area contributed by atoms with Crippen molar-refractivity contribution in [1.29, 1.82) is 0 Å². The van der Waals surface area contributed by atoms with E-state index in [1.54, 1.807) is 5.01 Å². The van der Waals surface area contributed by atoms with Gasteiger partial charge in [-0.15, -0.1) is 0 Å². The summed E-state index contributed by atoms with van der Waals surface area (Å²) < 4.78 is 0. The van der Waals surface area contributed by atoms with Crippen molar-refractivity contribution in [2.75, 3.05) is 0 Å². The largest absolute Gasteiger partial charge is 0.316 e. The molecule has 0 fully saturated rings. The average Bonchev–Trinajstić information content (AvgIpc) is 1.87. The Bertz CT molecular complexity index is 116. The molecular weight excluding hydrogens is 124 g/mol. The van der Waals surface area contributed by atoms with Gasteiger partial charge in [-0.05, 0) is 27.2 Å². The van der Waals surface area contributed by atoms with Crippen LogP contribution in [0.2, 0.25) is 0 Å². The molecule has 10 heavy (non-hydrogen) atoms. The molecule has 0 radical (unpaired) electrons. The van der Waals surface area contributed by atoms with E-state index in [0.717, 1.165) is 6.42 Å². The SMILES string of the molecule is CC/C(C)=C/N(N)C(C)C. The summed E-state index contributed by atoms with van der Waals surface area (Å²) >= 11 is 0. The molecule has 0 aromatic rings. The summed E-state index contributed by atoms with van der Waals surface area (Å²) in [7, 11) is 0. The quantitative estimate of drug-likeness (QED) is 0.481. The zero-order chi connectivity index (χ0) is 8.15. The van der Waals surface area contributed by atoms with Crippen LogP contribution < -0.4 is 5.84 Å². The van der Waals surface area contributed by atoms with Crippen LogP contribution in [0.25, 0.3) is 0 Å². The van der Waals surface area contributed by atoms with E-state index in [4.69, 9.17) is 5.84 Å². The zero-order valence-corrected chi connectivity index (χ0v) is 7.39. The van der Waals surface area contributed by atoms with Crippen LogP contribution in [0.1, 0.15) is 34.1 Å². The molecule has 0 saturated heterocycles. The summed E-state index contributed by atoms with van der Waals surface area (Å²) in [5.41, 5.74) is 1.32. The molecule has 0 rings (SSSR count). The summed E-state index contributed by atoms with van der Waals surface area (Å²) in [4.78, 5) is 0. The molecule has 0 saturated carbocycles. The second kappa shape index (κ2) is 4.34. The third-order valence-corrected chi connectivity index (χ3v) is 1.52. The van der Waals surface area contributed by atoms with Crippen molar-refractivity contribution in [2.24, 2.45) is 5.84 Å². The summed E-state index contributed by atoms with van der Waals surface area (Å²) in [5, 5.41) is 1.73. The maximum Gasteiger partial charge on any atom is 0.0389 e. The molecule has 0 atom stereocenters. The van der Waals surface area contributed by atoms with E-state index in [1.807, 2.05) is 6.20 Å². The monoisotopic (exact) mass is 142 g/mol. The lowest BCUT2D eigenvalue weighted by molar-refractivity contribution is 0.320. The van der Waals surface area contributed by atoms with Gasteiger partial charge in [-0.2, -0.15) is 0 Å². The molecule has 0 spiro atoms.